The molecule has 3 nitrogen and oxygen atoms in total. The molecule has 0 bridgehead atoms. The van der Waals surface area contributed by atoms with Gasteiger partial charge in [0.25, 0.3) is 0 Å². The van der Waals surface area contributed by atoms with E-state index in [4.69, 9.17) is 30.2 Å². The molecule has 0 saturated carbocycles. The van der Waals surface area contributed by atoms with E-state index in [0.717, 1.165) is 13.1 Å². The fraction of sp³-hybridized carbons (Fsp3) is 0.500. The molecule has 0 spiro atoms. The first-order chi connectivity index (χ1) is 4.22. The molecule has 0 aliphatic carbocycles. The third-order valence-electron chi connectivity index (χ3n) is 1.12. The Balaban J connectivity index is 2.60. The normalized spacial score (nSPS) is 17.8. The summed E-state index contributed by atoms with van der Waals surface area (Å²) in [6, 6.07) is 0. The molecule has 5 heteroatoms. The van der Waals surface area contributed by atoms with E-state index in [9.17, 15) is 0 Å². The van der Waals surface area contributed by atoms with Crippen LogP contribution in [0.25, 0.3) is 0 Å². The summed E-state index contributed by atoms with van der Waals surface area (Å²) < 4.78 is 0. The minimum Gasteiger partial charge on any atom is -0.376 e. The van der Waals surface area contributed by atoms with E-state index in [1.165, 1.54) is 0 Å². The van der Waals surface area contributed by atoms with Gasteiger partial charge in [-0.15, -0.1) is 0 Å². The summed E-state index contributed by atoms with van der Waals surface area (Å²) in [5.41, 5.74) is 5.32. The molecule has 1 saturated heterocycles. The summed E-state index contributed by atoms with van der Waals surface area (Å²) in [5, 5.41) is 3.93. The van der Waals surface area contributed by atoms with Gasteiger partial charge in [0.15, 0.2) is 10.2 Å². The van der Waals surface area contributed by atoms with Crippen LogP contribution in [-0.2, 0) is 0 Å². The Morgan fingerprint density at radius 1 is 1.78 bits per heavy atom. The van der Waals surface area contributed by atoms with Gasteiger partial charge in [0.2, 0.25) is 0 Å². The lowest BCUT2D eigenvalue weighted by Gasteiger charge is -2.12. The fourth-order valence-electron chi connectivity index (χ4n) is 0.682. The van der Waals surface area contributed by atoms with Crippen molar-refractivity contribution in [2.24, 2.45) is 5.73 Å². The molecule has 0 aromatic heterocycles. The van der Waals surface area contributed by atoms with Crippen molar-refractivity contribution in [3.05, 3.63) is 0 Å². The van der Waals surface area contributed by atoms with Gasteiger partial charge in [-0.25, -0.2) is 0 Å². The number of nitrogens with two attached hydrogens (primary N) is 1. The third kappa shape index (κ3) is 1.28. The molecule has 1 heterocycles. The van der Waals surface area contributed by atoms with Gasteiger partial charge in [0, 0.05) is 13.1 Å². The number of hydrogen-bond acceptors (Lipinski definition) is 2. The van der Waals surface area contributed by atoms with Crippen LogP contribution in [0.15, 0.2) is 0 Å². The first kappa shape index (κ1) is 6.70. The van der Waals surface area contributed by atoms with Crippen LogP contribution >= 0.6 is 24.4 Å². The Hall–Kier alpha value is -0.420. The van der Waals surface area contributed by atoms with Crippen LogP contribution in [0.5, 0.6) is 0 Å². The quantitative estimate of drug-likeness (QED) is 0.465. The number of hydrogen-bond donors (Lipinski definition) is 2. The second kappa shape index (κ2) is 2.45. The van der Waals surface area contributed by atoms with Gasteiger partial charge in [-0.05, 0) is 24.4 Å². The second-order valence-corrected chi connectivity index (χ2v) is 2.53. The van der Waals surface area contributed by atoms with Crippen molar-refractivity contribution in [2.45, 2.75) is 0 Å². The largest absolute Gasteiger partial charge is 0.376 e. The van der Waals surface area contributed by atoms with Crippen molar-refractivity contribution in [3.63, 3.8) is 0 Å². The molecule has 1 rings (SSSR count). The molecule has 3 N–H and O–H groups in total. The fourth-order valence-corrected chi connectivity index (χ4v) is 1.21. The Morgan fingerprint density at radius 3 is 2.67 bits per heavy atom. The average molecular weight is 161 g/mol. The second-order valence-electron chi connectivity index (χ2n) is 1.72. The van der Waals surface area contributed by atoms with E-state index in [1.807, 2.05) is 0 Å². The summed E-state index contributed by atoms with van der Waals surface area (Å²) >= 11 is 9.57. The minimum atomic E-state index is 0.352. The van der Waals surface area contributed by atoms with Crippen LogP contribution in [0.2, 0.25) is 0 Å². The smallest absolute Gasteiger partial charge is 0.175 e. The zero-order valence-corrected chi connectivity index (χ0v) is 6.39. The summed E-state index contributed by atoms with van der Waals surface area (Å²) in [6.07, 6.45) is 0. The first-order valence-electron chi connectivity index (χ1n) is 2.56. The van der Waals surface area contributed by atoms with E-state index < -0.39 is 0 Å². The summed E-state index contributed by atoms with van der Waals surface area (Å²) in [5.74, 6) is 0. The molecule has 0 atom stereocenters. The SMILES string of the molecule is NC(=S)N1CCNC1=S. The molecule has 0 unspecified atom stereocenters. The molecule has 50 valence electrons. The van der Waals surface area contributed by atoms with Crippen LogP contribution in [0, 0.1) is 0 Å². The lowest BCUT2D eigenvalue weighted by molar-refractivity contribution is 0.688. The van der Waals surface area contributed by atoms with Crippen molar-refractivity contribution in [1.29, 1.82) is 0 Å². The molecule has 9 heavy (non-hydrogen) atoms. The van der Waals surface area contributed by atoms with Crippen LogP contribution in [0.1, 0.15) is 0 Å². The van der Waals surface area contributed by atoms with Crippen molar-refractivity contribution >= 4 is 34.7 Å². The first-order valence-corrected chi connectivity index (χ1v) is 3.38. The number of nitrogens with zero attached hydrogens (tertiary/aromatic N) is 1. The molecule has 1 fully saturated rings. The Morgan fingerprint density at radius 2 is 2.44 bits per heavy atom. The van der Waals surface area contributed by atoms with E-state index in [-0.39, 0.29) is 0 Å². The van der Waals surface area contributed by atoms with Gasteiger partial charge in [0.1, 0.15) is 0 Å². The van der Waals surface area contributed by atoms with Gasteiger partial charge >= 0.3 is 0 Å². The molecular formula is C4H7N3S2. The molecule has 1 aliphatic heterocycles. The average Bonchev–Trinajstić information content (AvgIpc) is 2.13. The monoisotopic (exact) mass is 161 g/mol. The van der Waals surface area contributed by atoms with Crippen LogP contribution < -0.4 is 11.1 Å². The summed E-state index contributed by atoms with van der Waals surface area (Å²) in [6.45, 7) is 1.64. The van der Waals surface area contributed by atoms with E-state index in [0.29, 0.717) is 10.2 Å². The van der Waals surface area contributed by atoms with Gasteiger partial charge < -0.3 is 11.1 Å². The zero-order valence-electron chi connectivity index (χ0n) is 4.76. The molecule has 0 amide bonds. The van der Waals surface area contributed by atoms with Gasteiger partial charge in [-0.2, -0.15) is 0 Å². The zero-order chi connectivity index (χ0) is 6.85. The molecule has 0 aromatic rings. The van der Waals surface area contributed by atoms with Crippen LogP contribution in [-0.4, -0.2) is 28.2 Å². The highest BCUT2D eigenvalue weighted by Gasteiger charge is 2.16. The Kier molecular flexibility index (Phi) is 1.82. The topological polar surface area (TPSA) is 41.3 Å². The summed E-state index contributed by atoms with van der Waals surface area (Å²) in [4.78, 5) is 1.70. The number of nitrogens with one attached hydrogen (secondary N) is 1. The maximum absolute atomic E-state index is 5.32. The Labute approximate surface area is 64.2 Å². The highest BCUT2D eigenvalue weighted by atomic mass is 32.1. The lowest BCUT2D eigenvalue weighted by atomic mass is 10.6. The standard InChI is InChI=1S/C4H7N3S2/c5-3(8)7-2-1-6-4(7)9/h1-2H2,(H2,5,8)(H,6,9). The van der Waals surface area contributed by atoms with Crippen molar-refractivity contribution in [2.75, 3.05) is 13.1 Å². The predicted octanol–water partition coefficient (Wildman–Crippen LogP) is -0.580. The van der Waals surface area contributed by atoms with Crippen molar-refractivity contribution < 1.29 is 0 Å². The highest BCUT2D eigenvalue weighted by molar-refractivity contribution is 7.81. The van der Waals surface area contributed by atoms with Gasteiger partial charge in [-0.1, -0.05) is 0 Å². The summed E-state index contributed by atoms with van der Waals surface area (Å²) in [7, 11) is 0. The number of thiocarbonyl (C=S) groups is 2. The highest BCUT2D eigenvalue weighted by Crippen LogP contribution is 1.95. The van der Waals surface area contributed by atoms with Crippen molar-refractivity contribution in [3.8, 4) is 0 Å². The van der Waals surface area contributed by atoms with E-state index >= 15 is 0 Å². The van der Waals surface area contributed by atoms with Gasteiger partial charge in [0.05, 0.1) is 0 Å². The van der Waals surface area contributed by atoms with E-state index in [1.54, 1.807) is 4.90 Å². The maximum atomic E-state index is 5.32. The number of rotatable bonds is 0. The lowest BCUT2D eigenvalue weighted by Crippen LogP contribution is -2.37. The van der Waals surface area contributed by atoms with Crippen LogP contribution in [0.3, 0.4) is 0 Å². The maximum Gasteiger partial charge on any atom is 0.175 e. The predicted molar refractivity (Wildman–Crippen MR) is 44.1 cm³/mol. The molecule has 0 radical (unpaired) electrons. The molecular weight excluding hydrogens is 154 g/mol. The third-order valence-corrected chi connectivity index (χ3v) is 1.71. The molecule has 0 aromatic carbocycles. The van der Waals surface area contributed by atoms with Crippen LogP contribution in [0.4, 0.5) is 0 Å². The van der Waals surface area contributed by atoms with E-state index in [2.05, 4.69) is 5.32 Å². The molecule has 1 aliphatic rings. The Bertz CT molecular complexity index is 156. The van der Waals surface area contributed by atoms with Crippen molar-refractivity contribution in [1.82, 2.24) is 10.2 Å². The minimum absolute atomic E-state index is 0.352. The van der Waals surface area contributed by atoms with Gasteiger partial charge in [-0.3, -0.25) is 4.90 Å².